The molecule has 1 saturated heterocycles. The third kappa shape index (κ3) is 4.31. The van der Waals surface area contributed by atoms with Crippen LogP contribution in [0, 0.1) is 12.7 Å². The van der Waals surface area contributed by atoms with Gasteiger partial charge in [-0.05, 0) is 31.5 Å². The summed E-state index contributed by atoms with van der Waals surface area (Å²) >= 11 is 1.34. The van der Waals surface area contributed by atoms with Crippen molar-refractivity contribution in [3.63, 3.8) is 0 Å². The summed E-state index contributed by atoms with van der Waals surface area (Å²) in [5, 5.41) is 6.74. The first-order valence-corrected chi connectivity index (χ1v) is 11.3. The van der Waals surface area contributed by atoms with E-state index in [-0.39, 0.29) is 35.5 Å². The first-order valence-electron chi connectivity index (χ1n) is 10.5. The fourth-order valence-electron chi connectivity index (χ4n) is 3.63. The number of aryl methyl sites for hydroxylation is 1. The molecule has 5 rings (SSSR count). The fourth-order valence-corrected chi connectivity index (χ4v) is 4.47. The molecule has 1 unspecified atom stereocenters. The third-order valence-electron chi connectivity index (χ3n) is 5.42. The number of aromatic nitrogens is 4. The molecule has 1 atom stereocenters. The summed E-state index contributed by atoms with van der Waals surface area (Å²) in [4.78, 5) is 44.3. The zero-order chi connectivity index (χ0) is 23.8. The van der Waals surface area contributed by atoms with Gasteiger partial charge in [-0.15, -0.1) is 11.3 Å². The van der Waals surface area contributed by atoms with Gasteiger partial charge in [-0.1, -0.05) is 0 Å². The number of furan rings is 1. The Balaban J connectivity index is 1.33. The molecule has 4 aromatic rings. The van der Waals surface area contributed by atoms with Crippen LogP contribution in [-0.4, -0.2) is 55.8 Å². The van der Waals surface area contributed by atoms with Crippen molar-refractivity contribution in [2.24, 2.45) is 0 Å². The highest BCUT2D eigenvalue weighted by Gasteiger charge is 2.34. The van der Waals surface area contributed by atoms with Crippen LogP contribution < -0.4 is 10.6 Å². The normalized spacial score (nSPS) is 14.6. The molecule has 12 heteroatoms. The molecular formula is C22H20FN7O3S. The molecule has 4 aromatic heterocycles. The van der Waals surface area contributed by atoms with Crippen LogP contribution in [0.1, 0.15) is 44.4 Å². The molecule has 1 aliphatic heterocycles. The molecule has 0 saturated carbocycles. The number of nitrogens with zero attached hydrogens (tertiary/aromatic N) is 5. The number of carbonyl (C=O) groups is 2. The van der Waals surface area contributed by atoms with E-state index in [9.17, 15) is 14.0 Å². The minimum Gasteiger partial charge on any atom is -0.472 e. The number of hydrogen-bond donors (Lipinski definition) is 2. The number of halogens is 1. The van der Waals surface area contributed by atoms with Crippen molar-refractivity contribution >= 4 is 39.4 Å². The predicted octanol–water partition coefficient (Wildman–Crippen LogP) is 2.95. The van der Waals surface area contributed by atoms with E-state index in [1.54, 1.807) is 17.2 Å². The molecule has 0 spiro atoms. The Hall–Kier alpha value is -3.93. The average Bonchev–Trinajstić information content (AvgIpc) is 3.44. The quantitative estimate of drug-likeness (QED) is 0.431. The molecule has 5 heterocycles. The van der Waals surface area contributed by atoms with E-state index in [2.05, 4.69) is 30.6 Å². The summed E-state index contributed by atoms with van der Waals surface area (Å²) in [7, 11) is 0. The number of hydrogen-bond acceptors (Lipinski definition) is 9. The largest absolute Gasteiger partial charge is 0.472 e. The second kappa shape index (κ2) is 8.78. The number of fused-ring (bicyclic) bond motifs is 1. The second-order valence-corrected chi connectivity index (χ2v) is 9.18. The lowest BCUT2D eigenvalue weighted by Gasteiger charge is -2.39. The Kier molecular flexibility index (Phi) is 5.65. The molecule has 0 aliphatic carbocycles. The van der Waals surface area contributed by atoms with Gasteiger partial charge in [0.2, 0.25) is 5.95 Å². The van der Waals surface area contributed by atoms with Crippen LogP contribution >= 0.6 is 11.3 Å². The van der Waals surface area contributed by atoms with Crippen LogP contribution in [0.25, 0.3) is 10.3 Å². The van der Waals surface area contributed by atoms with Crippen molar-refractivity contribution in [2.45, 2.75) is 25.9 Å². The molecule has 2 amide bonds. The van der Waals surface area contributed by atoms with E-state index in [0.717, 1.165) is 11.2 Å². The molecule has 10 nitrogen and oxygen atoms in total. The van der Waals surface area contributed by atoms with Gasteiger partial charge in [0.05, 0.1) is 35.1 Å². The van der Waals surface area contributed by atoms with Crippen molar-refractivity contribution < 1.29 is 18.4 Å². The van der Waals surface area contributed by atoms with Crippen molar-refractivity contribution in [1.82, 2.24) is 30.2 Å². The Bertz CT molecular complexity index is 1370. The Morgan fingerprint density at radius 2 is 2.09 bits per heavy atom. The summed E-state index contributed by atoms with van der Waals surface area (Å²) < 4.78 is 19.1. The average molecular weight is 482 g/mol. The van der Waals surface area contributed by atoms with E-state index in [1.165, 1.54) is 29.9 Å². The molecular weight excluding hydrogens is 461 g/mol. The van der Waals surface area contributed by atoms with Crippen molar-refractivity contribution in [3.8, 4) is 0 Å². The first kappa shape index (κ1) is 21.9. The van der Waals surface area contributed by atoms with E-state index < -0.39 is 5.82 Å². The van der Waals surface area contributed by atoms with Gasteiger partial charge in [0, 0.05) is 19.3 Å². The number of pyridine rings is 1. The Morgan fingerprint density at radius 3 is 2.82 bits per heavy atom. The van der Waals surface area contributed by atoms with Crippen molar-refractivity contribution in [1.29, 1.82) is 0 Å². The van der Waals surface area contributed by atoms with Crippen LogP contribution in [0.3, 0.4) is 0 Å². The van der Waals surface area contributed by atoms with Crippen LogP contribution in [-0.2, 0) is 0 Å². The molecule has 0 bridgehead atoms. The molecule has 1 fully saturated rings. The van der Waals surface area contributed by atoms with Crippen molar-refractivity contribution in [2.75, 3.05) is 18.4 Å². The third-order valence-corrected chi connectivity index (χ3v) is 6.39. The zero-order valence-electron chi connectivity index (χ0n) is 18.3. The van der Waals surface area contributed by atoms with Crippen molar-refractivity contribution in [3.05, 3.63) is 64.7 Å². The summed E-state index contributed by atoms with van der Waals surface area (Å²) in [5.74, 6) is -0.752. The van der Waals surface area contributed by atoms with Gasteiger partial charge in [0.1, 0.15) is 16.8 Å². The van der Waals surface area contributed by atoms with Gasteiger partial charge in [-0.25, -0.2) is 14.4 Å². The molecule has 2 N–H and O–H groups in total. The highest BCUT2D eigenvalue weighted by Crippen LogP contribution is 2.28. The van der Waals surface area contributed by atoms with Gasteiger partial charge in [-0.2, -0.15) is 4.98 Å². The predicted molar refractivity (Wildman–Crippen MR) is 122 cm³/mol. The number of anilines is 1. The summed E-state index contributed by atoms with van der Waals surface area (Å²) in [6, 6.07) is 2.44. The highest BCUT2D eigenvalue weighted by atomic mass is 32.1. The minimum atomic E-state index is -0.444. The number of carbonyl (C=O) groups excluding carboxylic acids is 2. The molecule has 1 aliphatic rings. The molecule has 34 heavy (non-hydrogen) atoms. The first-order chi connectivity index (χ1) is 16.4. The lowest BCUT2D eigenvalue weighted by molar-refractivity contribution is 0.0539. The van der Waals surface area contributed by atoms with Gasteiger partial charge in [0.15, 0.2) is 11.3 Å². The maximum atomic E-state index is 13.6. The second-order valence-electron chi connectivity index (χ2n) is 7.98. The van der Waals surface area contributed by atoms with Gasteiger partial charge in [-0.3, -0.25) is 14.6 Å². The Morgan fingerprint density at radius 1 is 1.26 bits per heavy atom. The van der Waals surface area contributed by atoms with Gasteiger partial charge in [0.25, 0.3) is 11.8 Å². The molecule has 0 radical (unpaired) electrons. The smallest absolute Gasteiger partial charge is 0.274 e. The lowest BCUT2D eigenvalue weighted by atomic mass is 10.1. The monoisotopic (exact) mass is 481 g/mol. The minimum absolute atomic E-state index is 0.162. The van der Waals surface area contributed by atoms with E-state index in [4.69, 9.17) is 4.42 Å². The number of nitrogens with one attached hydrogen (secondary N) is 2. The number of thiazole rings is 1. The highest BCUT2D eigenvalue weighted by molar-refractivity contribution is 7.18. The number of amides is 2. The van der Waals surface area contributed by atoms with E-state index >= 15 is 0 Å². The fraction of sp³-hybridized carbons (Fsp3) is 0.273. The SMILES string of the molecule is Cc1nc2nc(NC(C)c3cncc(F)c3)nc(C(=O)N3CC(NC(=O)c4ccoc4)C3)c2s1. The summed E-state index contributed by atoms with van der Waals surface area (Å²) in [6.45, 7) is 4.37. The van der Waals surface area contributed by atoms with E-state index in [0.29, 0.717) is 34.6 Å². The molecule has 174 valence electrons. The summed E-state index contributed by atoms with van der Waals surface area (Å²) in [6.07, 6.45) is 5.48. The maximum absolute atomic E-state index is 13.6. The number of likely N-dealkylation sites (tertiary alicyclic amines) is 1. The lowest BCUT2D eigenvalue weighted by Crippen LogP contribution is -2.61. The Labute approximate surface area is 197 Å². The number of rotatable bonds is 6. The maximum Gasteiger partial charge on any atom is 0.274 e. The van der Waals surface area contributed by atoms with Crippen LogP contribution in [0.4, 0.5) is 10.3 Å². The van der Waals surface area contributed by atoms with Crippen LogP contribution in [0.2, 0.25) is 0 Å². The summed E-state index contributed by atoms with van der Waals surface area (Å²) in [5.41, 5.74) is 1.70. The van der Waals surface area contributed by atoms with Gasteiger partial charge < -0.3 is 20.0 Å². The topological polar surface area (TPSA) is 126 Å². The molecule has 0 aromatic carbocycles. The van der Waals surface area contributed by atoms with Crippen LogP contribution in [0.5, 0.6) is 0 Å². The van der Waals surface area contributed by atoms with Crippen LogP contribution in [0.15, 0.2) is 41.5 Å². The standard InChI is InChI=1S/C22H20FN7O3S/c1-11(14-5-15(23)7-24-6-14)25-22-28-17(18-19(29-22)26-12(2)34-18)21(32)30-8-16(9-30)27-20(31)13-3-4-33-10-13/h3-7,10-11,16H,8-9H2,1-2H3,(H,27,31)(H,25,28,29). The van der Waals surface area contributed by atoms with Gasteiger partial charge >= 0.3 is 0 Å². The van der Waals surface area contributed by atoms with E-state index in [1.807, 2.05) is 13.8 Å². The zero-order valence-corrected chi connectivity index (χ0v) is 19.1.